The van der Waals surface area contributed by atoms with Gasteiger partial charge in [-0.25, -0.2) is 0 Å². The topological polar surface area (TPSA) is 70.2 Å². The average Bonchev–Trinajstić information content (AvgIpc) is 2.49. The van der Waals surface area contributed by atoms with Crippen LogP contribution in [0.1, 0.15) is 49.4 Å². The number of hydrogen-bond donors (Lipinski definition) is 3. The van der Waals surface area contributed by atoms with Gasteiger partial charge < -0.3 is 16.0 Å². The highest BCUT2D eigenvalue weighted by atomic mass is 16.2. The molecule has 1 unspecified atom stereocenters. The van der Waals surface area contributed by atoms with E-state index in [-0.39, 0.29) is 23.9 Å². The zero-order valence-electron chi connectivity index (χ0n) is 12.2. The van der Waals surface area contributed by atoms with Gasteiger partial charge in [0.15, 0.2) is 0 Å². The van der Waals surface area contributed by atoms with Crippen molar-refractivity contribution in [2.24, 2.45) is 0 Å². The Morgan fingerprint density at radius 1 is 1.19 bits per heavy atom. The molecule has 1 aromatic carbocycles. The SMILES string of the molecule is CC1Nc2ccc(C(=O)NC3CCCCC3)cc2NC1=O. The van der Waals surface area contributed by atoms with Crippen molar-refractivity contribution in [3.05, 3.63) is 23.8 Å². The molecule has 0 saturated heterocycles. The fourth-order valence-corrected chi connectivity index (χ4v) is 2.97. The highest BCUT2D eigenvalue weighted by Crippen LogP contribution is 2.28. The van der Waals surface area contributed by atoms with E-state index in [0.29, 0.717) is 11.3 Å². The Morgan fingerprint density at radius 3 is 2.71 bits per heavy atom. The van der Waals surface area contributed by atoms with Crippen LogP contribution in [0, 0.1) is 0 Å². The standard InChI is InChI=1S/C16H21N3O2/c1-10-15(20)19-14-9-11(7-8-13(14)17-10)16(21)18-12-5-3-2-4-6-12/h7-10,12,17H,2-6H2,1H3,(H,18,21)(H,19,20). The van der Waals surface area contributed by atoms with Crippen molar-refractivity contribution in [3.8, 4) is 0 Å². The molecule has 3 N–H and O–H groups in total. The number of hydrogen-bond acceptors (Lipinski definition) is 3. The molecule has 21 heavy (non-hydrogen) atoms. The lowest BCUT2D eigenvalue weighted by atomic mass is 9.95. The van der Waals surface area contributed by atoms with E-state index >= 15 is 0 Å². The van der Waals surface area contributed by atoms with Gasteiger partial charge in [-0.1, -0.05) is 19.3 Å². The van der Waals surface area contributed by atoms with Crippen molar-refractivity contribution < 1.29 is 9.59 Å². The van der Waals surface area contributed by atoms with E-state index in [1.807, 2.05) is 13.0 Å². The first-order valence-corrected chi connectivity index (χ1v) is 7.66. The van der Waals surface area contributed by atoms with Gasteiger partial charge in [0.25, 0.3) is 5.91 Å². The molecule has 112 valence electrons. The predicted octanol–water partition coefficient (Wildman–Crippen LogP) is 2.50. The molecule has 2 amide bonds. The van der Waals surface area contributed by atoms with Gasteiger partial charge >= 0.3 is 0 Å². The predicted molar refractivity (Wildman–Crippen MR) is 82.5 cm³/mol. The van der Waals surface area contributed by atoms with Gasteiger partial charge in [0.05, 0.1) is 11.4 Å². The van der Waals surface area contributed by atoms with Crippen molar-refractivity contribution in [2.45, 2.75) is 51.1 Å². The summed E-state index contributed by atoms with van der Waals surface area (Å²) < 4.78 is 0. The van der Waals surface area contributed by atoms with Crippen LogP contribution in [0.25, 0.3) is 0 Å². The van der Waals surface area contributed by atoms with Crippen molar-refractivity contribution in [2.75, 3.05) is 10.6 Å². The molecule has 1 aliphatic carbocycles. The molecule has 1 saturated carbocycles. The number of rotatable bonds is 2. The second-order valence-corrected chi connectivity index (χ2v) is 5.92. The second kappa shape index (κ2) is 5.76. The molecule has 3 rings (SSSR count). The monoisotopic (exact) mass is 287 g/mol. The Kier molecular flexibility index (Phi) is 3.82. The molecule has 1 aliphatic heterocycles. The molecule has 5 heteroatoms. The molecular formula is C16H21N3O2. The van der Waals surface area contributed by atoms with Crippen LogP contribution in [0.2, 0.25) is 0 Å². The summed E-state index contributed by atoms with van der Waals surface area (Å²) in [6.45, 7) is 1.81. The maximum absolute atomic E-state index is 12.3. The van der Waals surface area contributed by atoms with E-state index in [4.69, 9.17) is 0 Å². The molecule has 5 nitrogen and oxygen atoms in total. The minimum atomic E-state index is -0.251. The summed E-state index contributed by atoms with van der Waals surface area (Å²) >= 11 is 0. The van der Waals surface area contributed by atoms with Crippen molar-refractivity contribution in [1.82, 2.24) is 5.32 Å². The summed E-state index contributed by atoms with van der Waals surface area (Å²) in [6, 6.07) is 5.42. The molecule has 0 bridgehead atoms. The average molecular weight is 287 g/mol. The van der Waals surface area contributed by atoms with Gasteiger partial charge in [0, 0.05) is 11.6 Å². The smallest absolute Gasteiger partial charge is 0.251 e. The number of anilines is 2. The zero-order valence-corrected chi connectivity index (χ0v) is 12.2. The number of nitrogens with one attached hydrogen (secondary N) is 3. The minimum absolute atomic E-state index is 0.0578. The Balaban J connectivity index is 1.72. The summed E-state index contributed by atoms with van der Waals surface area (Å²) in [5.41, 5.74) is 2.13. The van der Waals surface area contributed by atoms with Gasteiger partial charge in [-0.2, -0.15) is 0 Å². The maximum atomic E-state index is 12.3. The lowest BCUT2D eigenvalue weighted by molar-refractivity contribution is -0.116. The van der Waals surface area contributed by atoms with Gasteiger partial charge in [-0.15, -0.1) is 0 Å². The van der Waals surface area contributed by atoms with Crippen LogP contribution >= 0.6 is 0 Å². The number of carbonyl (C=O) groups excluding carboxylic acids is 2. The molecule has 2 aliphatic rings. The lowest BCUT2D eigenvalue weighted by Crippen LogP contribution is -2.37. The van der Waals surface area contributed by atoms with E-state index in [0.717, 1.165) is 18.5 Å². The molecular weight excluding hydrogens is 266 g/mol. The van der Waals surface area contributed by atoms with Crippen molar-refractivity contribution in [1.29, 1.82) is 0 Å². The maximum Gasteiger partial charge on any atom is 0.251 e. The van der Waals surface area contributed by atoms with Crippen LogP contribution in [0.3, 0.4) is 0 Å². The van der Waals surface area contributed by atoms with Crippen LogP contribution in [0.15, 0.2) is 18.2 Å². The fraction of sp³-hybridized carbons (Fsp3) is 0.500. The number of benzene rings is 1. The number of amides is 2. The zero-order chi connectivity index (χ0) is 14.8. The second-order valence-electron chi connectivity index (χ2n) is 5.92. The Morgan fingerprint density at radius 2 is 1.95 bits per heavy atom. The molecule has 1 atom stereocenters. The largest absolute Gasteiger partial charge is 0.372 e. The third-order valence-corrected chi connectivity index (χ3v) is 4.25. The third kappa shape index (κ3) is 3.01. The van der Waals surface area contributed by atoms with E-state index in [9.17, 15) is 9.59 Å². The molecule has 0 aromatic heterocycles. The lowest BCUT2D eigenvalue weighted by Gasteiger charge is -2.25. The fourth-order valence-electron chi connectivity index (χ4n) is 2.97. The van der Waals surface area contributed by atoms with Gasteiger partial charge in [0.2, 0.25) is 5.91 Å². The molecule has 1 fully saturated rings. The molecule has 1 heterocycles. The Hall–Kier alpha value is -2.04. The molecule has 0 spiro atoms. The van der Waals surface area contributed by atoms with Gasteiger partial charge in [-0.05, 0) is 38.0 Å². The Bertz CT molecular complexity index is 565. The van der Waals surface area contributed by atoms with Crippen LogP contribution in [0.4, 0.5) is 11.4 Å². The van der Waals surface area contributed by atoms with Crippen LogP contribution in [-0.2, 0) is 4.79 Å². The van der Waals surface area contributed by atoms with Crippen molar-refractivity contribution >= 4 is 23.2 Å². The van der Waals surface area contributed by atoms with Gasteiger partial charge in [-0.3, -0.25) is 9.59 Å². The number of fused-ring (bicyclic) bond motifs is 1. The van der Waals surface area contributed by atoms with Crippen LogP contribution in [-0.4, -0.2) is 23.9 Å². The summed E-state index contributed by atoms with van der Waals surface area (Å²) in [5, 5.41) is 9.03. The van der Waals surface area contributed by atoms with Crippen molar-refractivity contribution in [3.63, 3.8) is 0 Å². The van der Waals surface area contributed by atoms with Crippen LogP contribution < -0.4 is 16.0 Å². The minimum Gasteiger partial charge on any atom is -0.372 e. The Labute approximate surface area is 124 Å². The summed E-state index contributed by atoms with van der Waals surface area (Å²) in [7, 11) is 0. The summed E-state index contributed by atoms with van der Waals surface area (Å²) in [4.78, 5) is 24.0. The first-order chi connectivity index (χ1) is 10.1. The molecule has 0 radical (unpaired) electrons. The molecule has 1 aromatic rings. The normalized spacial score (nSPS) is 22.0. The summed E-state index contributed by atoms with van der Waals surface area (Å²) in [5.74, 6) is -0.134. The third-order valence-electron chi connectivity index (χ3n) is 4.25. The first-order valence-electron chi connectivity index (χ1n) is 7.66. The highest BCUT2D eigenvalue weighted by Gasteiger charge is 2.23. The van der Waals surface area contributed by atoms with E-state index in [1.54, 1.807) is 12.1 Å². The van der Waals surface area contributed by atoms with E-state index in [2.05, 4.69) is 16.0 Å². The first kappa shape index (κ1) is 13.9. The van der Waals surface area contributed by atoms with Crippen LogP contribution in [0.5, 0.6) is 0 Å². The van der Waals surface area contributed by atoms with E-state index < -0.39 is 0 Å². The van der Waals surface area contributed by atoms with Gasteiger partial charge in [0.1, 0.15) is 6.04 Å². The van der Waals surface area contributed by atoms with E-state index in [1.165, 1.54) is 19.3 Å². The quantitative estimate of drug-likeness (QED) is 0.782. The number of carbonyl (C=O) groups is 2. The summed E-state index contributed by atoms with van der Waals surface area (Å²) in [6.07, 6.45) is 5.76. The highest BCUT2D eigenvalue weighted by molar-refractivity contribution is 6.05.